The molecule has 0 radical (unpaired) electrons. The molecule has 2 aromatic carbocycles. The van der Waals surface area contributed by atoms with Gasteiger partial charge in [0, 0.05) is 11.1 Å². The first-order chi connectivity index (χ1) is 10.8. The predicted molar refractivity (Wildman–Crippen MR) is 88.1 cm³/mol. The maximum atomic E-state index is 13.9. The molecule has 1 atom stereocenters. The number of benzene rings is 2. The smallest absolute Gasteiger partial charge is 0.284 e. The number of carbonyl (C=O) groups is 1. The first-order valence-corrected chi connectivity index (χ1v) is 7.66. The minimum atomic E-state index is -0.849. The second-order valence-electron chi connectivity index (χ2n) is 4.79. The molecule has 1 N–H and O–H groups in total. The molecule has 0 aliphatic heterocycles. The van der Waals surface area contributed by atoms with Crippen LogP contribution in [0.25, 0.3) is 0 Å². The summed E-state index contributed by atoms with van der Waals surface area (Å²) in [5.41, 5.74) is -0.0430. The average Bonchev–Trinajstić information content (AvgIpc) is 2.46. The van der Waals surface area contributed by atoms with E-state index in [4.69, 9.17) is 11.6 Å². The molecular formula is C15H11BrClFN2O3. The number of rotatable bonds is 4. The Labute approximate surface area is 144 Å². The fourth-order valence-electron chi connectivity index (χ4n) is 1.99. The third-order valence-electron chi connectivity index (χ3n) is 3.17. The average molecular weight is 402 g/mol. The molecule has 2 aromatic rings. The summed E-state index contributed by atoms with van der Waals surface area (Å²) in [6.45, 7) is 1.70. The molecule has 0 saturated carbocycles. The molecule has 0 aliphatic carbocycles. The number of amides is 1. The zero-order valence-corrected chi connectivity index (χ0v) is 14.2. The van der Waals surface area contributed by atoms with Crippen molar-refractivity contribution >= 4 is 39.1 Å². The summed E-state index contributed by atoms with van der Waals surface area (Å²) in [7, 11) is 0. The van der Waals surface area contributed by atoms with Crippen LogP contribution in [0.3, 0.4) is 0 Å². The molecule has 8 heteroatoms. The molecule has 0 spiro atoms. The first-order valence-electron chi connectivity index (χ1n) is 6.49. The fraction of sp³-hybridized carbons (Fsp3) is 0.133. The van der Waals surface area contributed by atoms with Crippen molar-refractivity contribution in [3.05, 3.63) is 73.0 Å². The Hall–Kier alpha value is -1.99. The molecule has 0 unspecified atom stereocenters. The van der Waals surface area contributed by atoms with Crippen LogP contribution in [0, 0.1) is 15.9 Å². The lowest BCUT2D eigenvalue weighted by Crippen LogP contribution is -2.27. The van der Waals surface area contributed by atoms with E-state index in [9.17, 15) is 19.3 Å². The summed E-state index contributed by atoms with van der Waals surface area (Å²) < 4.78 is 13.9. The van der Waals surface area contributed by atoms with Gasteiger partial charge in [-0.15, -0.1) is 0 Å². The molecule has 0 saturated heterocycles. The van der Waals surface area contributed by atoms with Crippen LogP contribution in [-0.2, 0) is 0 Å². The predicted octanol–water partition coefficient (Wildman–Crippen LogP) is 4.64. The van der Waals surface area contributed by atoms with Crippen molar-refractivity contribution in [2.75, 3.05) is 0 Å². The van der Waals surface area contributed by atoms with Crippen molar-refractivity contribution < 1.29 is 14.1 Å². The highest BCUT2D eigenvalue weighted by Gasteiger charge is 2.22. The number of hydrogen-bond acceptors (Lipinski definition) is 3. The van der Waals surface area contributed by atoms with Crippen LogP contribution >= 0.6 is 27.5 Å². The fourth-order valence-corrected chi connectivity index (χ4v) is 2.64. The number of nitro benzene ring substituents is 1. The lowest BCUT2D eigenvalue weighted by molar-refractivity contribution is -0.385. The SMILES string of the molecule is C[C@@H](NC(=O)c1cc([N+](=O)[O-])c(Br)cc1F)c1cccc(Cl)c1. The van der Waals surface area contributed by atoms with Gasteiger partial charge in [0.2, 0.25) is 0 Å². The summed E-state index contributed by atoms with van der Waals surface area (Å²) in [5, 5.41) is 14.0. The van der Waals surface area contributed by atoms with Crippen molar-refractivity contribution in [1.29, 1.82) is 0 Å². The van der Waals surface area contributed by atoms with Crippen molar-refractivity contribution in [3.8, 4) is 0 Å². The maximum Gasteiger partial charge on any atom is 0.284 e. The van der Waals surface area contributed by atoms with Gasteiger partial charge in [-0.25, -0.2) is 4.39 Å². The van der Waals surface area contributed by atoms with Gasteiger partial charge >= 0.3 is 0 Å². The van der Waals surface area contributed by atoms with Gasteiger partial charge in [0.15, 0.2) is 0 Å². The van der Waals surface area contributed by atoms with E-state index < -0.39 is 28.3 Å². The Kier molecular flexibility index (Phi) is 5.33. The molecule has 2 rings (SSSR count). The zero-order chi connectivity index (χ0) is 17.1. The Bertz CT molecular complexity index is 785. The van der Waals surface area contributed by atoms with Crippen LogP contribution < -0.4 is 5.32 Å². The van der Waals surface area contributed by atoms with E-state index in [1.54, 1.807) is 31.2 Å². The molecule has 5 nitrogen and oxygen atoms in total. The van der Waals surface area contributed by atoms with Crippen LogP contribution in [0.5, 0.6) is 0 Å². The van der Waals surface area contributed by atoms with Crippen LogP contribution in [0.1, 0.15) is 28.9 Å². The molecule has 0 aromatic heterocycles. The van der Waals surface area contributed by atoms with E-state index in [-0.39, 0.29) is 10.2 Å². The highest BCUT2D eigenvalue weighted by molar-refractivity contribution is 9.10. The van der Waals surface area contributed by atoms with E-state index in [1.807, 2.05) is 0 Å². The van der Waals surface area contributed by atoms with Gasteiger partial charge < -0.3 is 5.32 Å². The third-order valence-corrected chi connectivity index (χ3v) is 4.04. The Morgan fingerprint density at radius 1 is 1.39 bits per heavy atom. The minimum absolute atomic E-state index is 0.0283. The second-order valence-corrected chi connectivity index (χ2v) is 6.08. The third kappa shape index (κ3) is 4.05. The lowest BCUT2D eigenvalue weighted by Gasteiger charge is -2.15. The van der Waals surface area contributed by atoms with E-state index >= 15 is 0 Å². The van der Waals surface area contributed by atoms with E-state index in [0.717, 1.165) is 17.7 Å². The van der Waals surface area contributed by atoms with E-state index in [0.29, 0.717) is 5.02 Å². The lowest BCUT2D eigenvalue weighted by atomic mass is 10.1. The zero-order valence-electron chi connectivity index (χ0n) is 11.8. The number of nitrogens with zero attached hydrogens (tertiary/aromatic N) is 1. The summed E-state index contributed by atoms with van der Waals surface area (Å²) in [6.07, 6.45) is 0. The topological polar surface area (TPSA) is 72.2 Å². The monoisotopic (exact) mass is 400 g/mol. The molecule has 1 amide bonds. The summed E-state index contributed by atoms with van der Waals surface area (Å²) in [4.78, 5) is 22.4. The molecule has 0 bridgehead atoms. The number of hydrogen-bond donors (Lipinski definition) is 1. The maximum absolute atomic E-state index is 13.9. The Morgan fingerprint density at radius 2 is 2.09 bits per heavy atom. The Morgan fingerprint density at radius 3 is 2.70 bits per heavy atom. The quantitative estimate of drug-likeness (QED) is 0.599. The molecule has 23 heavy (non-hydrogen) atoms. The molecule has 0 aliphatic rings. The molecule has 120 valence electrons. The highest BCUT2D eigenvalue weighted by atomic mass is 79.9. The van der Waals surface area contributed by atoms with Gasteiger partial charge in [0.25, 0.3) is 11.6 Å². The van der Waals surface area contributed by atoms with Crippen LogP contribution in [0.2, 0.25) is 5.02 Å². The minimum Gasteiger partial charge on any atom is -0.345 e. The summed E-state index contributed by atoms with van der Waals surface area (Å²) in [6, 6.07) is 8.21. The highest BCUT2D eigenvalue weighted by Crippen LogP contribution is 2.28. The van der Waals surface area contributed by atoms with Crippen LogP contribution in [0.15, 0.2) is 40.9 Å². The van der Waals surface area contributed by atoms with Crippen molar-refractivity contribution in [1.82, 2.24) is 5.32 Å². The van der Waals surface area contributed by atoms with Crippen LogP contribution in [0.4, 0.5) is 10.1 Å². The van der Waals surface area contributed by atoms with Gasteiger partial charge in [-0.1, -0.05) is 23.7 Å². The van der Waals surface area contributed by atoms with Crippen molar-refractivity contribution in [2.45, 2.75) is 13.0 Å². The Balaban J connectivity index is 2.27. The van der Waals surface area contributed by atoms with Gasteiger partial charge in [-0.3, -0.25) is 14.9 Å². The molecule has 0 fully saturated rings. The number of carbonyl (C=O) groups excluding carboxylic acids is 1. The largest absolute Gasteiger partial charge is 0.345 e. The van der Waals surface area contributed by atoms with Gasteiger partial charge in [-0.2, -0.15) is 0 Å². The van der Waals surface area contributed by atoms with E-state index in [2.05, 4.69) is 21.2 Å². The standard InChI is InChI=1S/C15H11BrClFN2O3/c1-8(9-3-2-4-10(17)5-9)19-15(21)11-6-14(20(22)23)12(16)7-13(11)18/h2-8H,1H3,(H,19,21)/t8-/m1/s1. The second kappa shape index (κ2) is 7.06. The number of halogens is 3. The van der Waals surface area contributed by atoms with Gasteiger partial charge in [-0.05, 0) is 46.6 Å². The van der Waals surface area contributed by atoms with Crippen molar-refractivity contribution in [3.63, 3.8) is 0 Å². The van der Waals surface area contributed by atoms with Crippen LogP contribution in [-0.4, -0.2) is 10.8 Å². The molecule has 0 heterocycles. The normalized spacial score (nSPS) is 11.8. The van der Waals surface area contributed by atoms with Crippen molar-refractivity contribution in [2.24, 2.45) is 0 Å². The first kappa shape index (κ1) is 17.4. The summed E-state index contributed by atoms with van der Waals surface area (Å²) >= 11 is 8.79. The summed E-state index contributed by atoms with van der Waals surface area (Å²) in [5.74, 6) is -1.59. The molecular weight excluding hydrogens is 391 g/mol. The van der Waals surface area contributed by atoms with Gasteiger partial charge in [0.1, 0.15) is 5.82 Å². The van der Waals surface area contributed by atoms with Gasteiger partial charge in [0.05, 0.1) is 21.0 Å². The van der Waals surface area contributed by atoms with E-state index in [1.165, 1.54) is 0 Å². The number of nitro groups is 1. The number of nitrogens with one attached hydrogen (secondary N) is 1.